The molecule has 2 aromatic heterocycles. The Kier molecular flexibility index (Phi) is 5.39. The molecule has 0 aliphatic carbocycles. The lowest BCUT2D eigenvalue weighted by atomic mass is 10.1. The van der Waals surface area contributed by atoms with Gasteiger partial charge in [-0.25, -0.2) is 9.37 Å². The first kappa shape index (κ1) is 20.4. The second-order valence-electron chi connectivity index (χ2n) is 7.89. The van der Waals surface area contributed by atoms with E-state index in [9.17, 15) is 14.3 Å². The number of pyridine rings is 1. The Labute approximate surface area is 183 Å². The predicted octanol–water partition coefficient (Wildman–Crippen LogP) is 2.39. The van der Waals surface area contributed by atoms with Gasteiger partial charge in [0.1, 0.15) is 5.65 Å². The minimum atomic E-state index is -1.25. The van der Waals surface area contributed by atoms with E-state index in [0.29, 0.717) is 30.7 Å². The number of benzene rings is 1. The number of nitrogens with one attached hydrogen (secondary N) is 1. The van der Waals surface area contributed by atoms with Gasteiger partial charge < -0.3 is 24.6 Å². The molecule has 5 rings (SSSR count). The Balaban J connectivity index is 1.20. The topological polar surface area (TPSA) is 79.6 Å². The van der Waals surface area contributed by atoms with Crippen molar-refractivity contribution in [1.29, 1.82) is 0 Å². The van der Waals surface area contributed by atoms with Crippen molar-refractivity contribution in [3.8, 4) is 0 Å². The summed E-state index contributed by atoms with van der Waals surface area (Å²) in [6, 6.07) is 9.84. The van der Waals surface area contributed by atoms with Gasteiger partial charge in [0.2, 0.25) is 0 Å². The molecular formula is C22H22ClFN4O3. The summed E-state index contributed by atoms with van der Waals surface area (Å²) in [6.07, 6.45) is 0.0415. The number of aliphatic hydroxyl groups excluding tert-OH is 1. The maximum absolute atomic E-state index is 14.3. The molecule has 0 radical (unpaired) electrons. The number of ether oxygens (including phenoxy) is 1. The first-order valence-corrected chi connectivity index (χ1v) is 10.6. The SMILES string of the molecule is O=C(C(O)COCC1NCc2ccccc21)N1CCn2c(cc3c(F)c(Cl)cnc32)C1. The number of hydrogen-bond donors (Lipinski definition) is 2. The lowest BCUT2D eigenvalue weighted by molar-refractivity contribution is -0.145. The highest BCUT2D eigenvalue weighted by molar-refractivity contribution is 6.31. The highest BCUT2D eigenvalue weighted by atomic mass is 35.5. The van der Waals surface area contributed by atoms with E-state index in [0.717, 1.165) is 12.2 Å². The van der Waals surface area contributed by atoms with Crippen LogP contribution in [0.2, 0.25) is 5.02 Å². The van der Waals surface area contributed by atoms with Crippen LogP contribution < -0.4 is 5.32 Å². The quantitative estimate of drug-likeness (QED) is 0.631. The fourth-order valence-electron chi connectivity index (χ4n) is 4.36. The standard InChI is InChI=1S/C22H22ClFN4O3/c23-17-9-26-21-16(20(17)24)7-14-10-27(5-6-28(14)21)22(30)19(29)12-31-11-18-15-4-2-1-3-13(15)8-25-18/h1-4,7,9,18-19,25,29H,5-6,8,10-12H2. The van der Waals surface area contributed by atoms with E-state index in [2.05, 4.69) is 22.4 Å². The van der Waals surface area contributed by atoms with Gasteiger partial charge in [0.15, 0.2) is 11.9 Å². The highest BCUT2D eigenvalue weighted by Crippen LogP contribution is 2.28. The molecule has 0 fully saturated rings. The van der Waals surface area contributed by atoms with Crippen LogP contribution in [0.3, 0.4) is 0 Å². The monoisotopic (exact) mass is 444 g/mol. The van der Waals surface area contributed by atoms with Crippen LogP contribution in [0.1, 0.15) is 22.9 Å². The number of carbonyl (C=O) groups is 1. The van der Waals surface area contributed by atoms with Gasteiger partial charge in [0.25, 0.3) is 5.91 Å². The van der Waals surface area contributed by atoms with Crippen LogP contribution in [-0.2, 0) is 29.2 Å². The van der Waals surface area contributed by atoms with Crippen LogP contribution in [-0.4, -0.2) is 51.3 Å². The number of aliphatic hydroxyl groups is 1. The third-order valence-corrected chi connectivity index (χ3v) is 6.24. The van der Waals surface area contributed by atoms with Gasteiger partial charge in [-0.3, -0.25) is 4.79 Å². The summed E-state index contributed by atoms with van der Waals surface area (Å²) < 4.78 is 21.8. The number of hydrogen-bond acceptors (Lipinski definition) is 5. The maximum atomic E-state index is 14.3. The molecule has 0 saturated carbocycles. The minimum absolute atomic E-state index is 0.0321. The molecule has 7 nitrogen and oxygen atoms in total. The van der Waals surface area contributed by atoms with E-state index < -0.39 is 17.8 Å². The molecule has 162 valence electrons. The molecule has 2 aliphatic heterocycles. The molecule has 31 heavy (non-hydrogen) atoms. The molecule has 9 heteroatoms. The Hall–Kier alpha value is -2.52. The summed E-state index contributed by atoms with van der Waals surface area (Å²) in [5.41, 5.74) is 3.69. The summed E-state index contributed by atoms with van der Waals surface area (Å²) >= 11 is 5.83. The zero-order chi connectivity index (χ0) is 21.5. The van der Waals surface area contributed by atoms with Gasteiger partial charge in [-0.2, -0.15) is 0 Å². The first-order chi connectivity index (χ1) is 15.0. The third kappa shape index (κ3) is 3.70. The Bertz CT molecular complexity index is 1150. The van der Waals surface area contributed by atoms with Crippen molar-refractivity contribution in [3.63, 3.8) is 0 Å². The number of fused-ring (bicyclic) bond motifs is 4. The predicted molar refractivity (Wildman–Crippen MR) is 113 cm³/mol. The average Bonchev–Trinajstić information content (AvgIpc) is 3.37. The van der Waals surface area contributed by atoms with Crippen LogP contribution in [0.25, 0.3) is 11.0 Å². The van der Waals surface area contributed by atoms with Crippen molar-refractivity contribution >= 4 is 28.5 Å². The Morgan fingerprint density at radius 2 is 2.23 bits per heavy atom. The van der Waals surface area contributed by atoms with Crippen LogP contribution in [0.15, 0.2) is 36.5 Å². The molecule has 1 amide bonds. The van der Waals surface area contributed by atoms with Gasteiger partial charge in [-0.05, 0) is 17.2 Å². The van der Waals surface area contributed by atoms with Crippen molar-refractivity contribution in [3.05, 3.63) is 64.2 Å². The molecule has 1 aromatic carbocycles. The van der Waals surface area contributed by atoms with Gasteiger partial charge >= 0.3 is 0 Å². The number of nitrogens with zero attached hydrogens (tertiary/aromatic N) is 3. The largest absolute Gasteiger partial charge is 0.381 e. The van der Waals surface area contributed by atoms with Crippen molar-refractivity contribution in [2.45, 2.75) is 31.8 Å². The van der Waals surface area contributed by atoms with E-state index in [1.165, 1.54) is 17.3 Å². The second kappa shape index (κ2) is 8.20. The molecule has 0 saturated heterocycles. The summed E-state index contributed by atoms with van der Waals surface area (Å²) in [6.45, 7) is 2.21. The zero-order valence-electron chi connectivity index (χ0n) is 16.7. The van der Waals surface area contributed by atoms with Crippen molar-refractivity contribution in [1.82, 2.24) is 19.8 Å². The molecule has 2 aliphatic rings. The summed E-state index contributed by atoms with van der Waals surface area (Å²) in [7, 11) is 0. The van der Waals surface area contributed by atoms with E-state index in [4.69, 9.17) is 16.3 Å². The Morgan fingerprint density at radius 3 is 3.10 bits per heavy atom. The Morgan fingerprint density at radius 1 is 1.39 bits per heavy atom. The molecule has 0 spiro atoms. The number of carbonyl (C=O) groups excluding carboxylic acids is 1. The van der Waals surface area contributed by atoms with E-state index in [1.807, 2.05) is 16.7 Å². The van der Waals surface area contributed by atoms with Gasteiger partial charge in [0, 0.05) is 25.3 Å². The maximum Gasteiger partial charge on any atom is 0.254 e. The summed E-state index contributed by atoms with van der Waals surface area (Å²) in [5.74, 6) is -0.912. The van der Waals surface area contributed by atoms with Crippen LogP contribution in [0, 0.1) is 5.82 Å². The van der Waals surface area contributed by atoms with Crippen molar-refractivity contribution in [2.75, 3.05) is 19.8 Å². The molecular weight excluding hydrogens is 423 g/mol. The van der Waals surface area contributed by atoms with Crippen LogP contribution >= 0.6 is 11.6 Å². The van der Waals surface area contributed by atoms with Crippen molar-refractivity contribution < 1.29 is 19.0 Å². The number of rotatable bonds is 5. The van der Waals surface area contributed by atoms with Crippen LogP contribution in [0.4, 0.5) is 4.39 Å². The summed E-state index contributed by atoms with van der Waals surface area (Å²) in [5, 5.41) is 14.0. The fourth-order valence-corrected chi connectivity index (χ4v) is 4.52. The normalized spacial score (nSPS) is 18.8. The smallest absolute Gasteiger partial charge is 0.254 e. The van der Waals surface area contributed by atoms with Crippen molar-refractivity contribution in [2.24, 2.45) is 0 Å². The van der Waals surface area contributed by atoms with Crippen LogP contribution in [0.5, 0.6) is 0 Å². The molecule has 0 bridgehead atoms. The van der Waals surface area contributed by atoms with E-state index in [1.54, 1.807) is 11.0 Å². The number of halogens is 2. The molecule has 3 aromatic rings. The number of amides is 1. The molecule has 2 atom stereocenters. The van der Waals surface area contributed by atoms with E-state index in [-0.39, 0.29) is 24.2 Å². The third-order valence-electron chi connectivity index (χ3n) is 5.97. The van der Waals surface area contributed by atoms with Gasteiger partial charge in [-0.1, -0.05) is 35.9 Å². The lowest BCUT2D eigenvalue weighted by Crippen LogP contribution is -2.45. The zero-order valence-corrected chi connectivity index (χ0v) is 17.5. The second-order valence-corrected chi connectivity index (χ2v) is 8.30. The average molecular weight is 445 g/mol. The number of aromatic nitrogens is 2. The highest BCUT2D eigenvalue weighted by Gasteiger charge is 2.29. The van der Waals surface area contributed by atoms with Gasteiger partial charge in [0.05, 0.1) is 42.4 Å². The lowest BCUT2D eigenvalue weighted by Gasteiger charge is -2.30. The molecule has 2 unspecified atom stereocenters. The summed E-state index contributed by atoms with van der Waals surface area (Å²) in [4.78, 5) is 18.5. The van der Waals surface area contributed by atoms with Gasteiger partial charge in [-0.15, -0.1) is 0 Å². The fraction of sp³-hybridized carbons (Fsp3) is 0.364. The molecule has 4 heterocycles. The minimum Gasteiger partial charge on any atom is -0.381 e. The van der Waals surface area contributed by atoms with E-state index >= 15 is 0 Å². The molecule has 2 N–H and O–H groups in total. The first-order valence-electron chi connectivity index (χ1n) is 10.2.